The lowest BCUT2D eigenvalue weighted by Gasteiger charge is -2.37. The zero-order chi connectivity index (χ0) is 23.5. The molecular formula is C21H28F3N3O5. The van der Waals surface area contributed by atoms with Crippen molar-refractivity contribution in [1.29, 1.82) is 0 Å². The quantitative estimate of drug-likeness (QED) is 0.688. The summed E-state index contributed by atoms with van der Waals surface area (Å²) in [6.45, 7) is 6.54. The molecule has 3 rings (SSSR count). The number of carbonyl (C=O) groups excluding carboxylic acids is 2. The molecule has 11 heteroatoms. The first kappa shape index (κ1) is 23.9. The molecule has 32 heavy (non-hydrogen) atoms. The third-order valence-corrected chi connectivity index (χ3v) is 5.28. The number of carbonyl (C=O) groups is 2. The molecule has 1 fully saturated rings. The molecule has 0 atom stereocenters. The number of halogens is 3. The van der Waals surface area contributed by atoms with Crippen LogP contribution in [0.3, 0.4) is 0 Å². The molecule has 8 nitrogen and oxygen atoms in total. The topological polar surface area (TPSA) is 81.2 Å². The van der Waals surface area contributed by atoms with Crippen LogP contribution in [-0.4, -0.2) is 70.9 Å². The number of aromatic nitrogens is 1. The number of amides is 2. The molecule has 1 aromatic rings. The monoisotopic (exact) mass is 459 g/mol. The number of likely N-dealkylation sites (tertiary alicyclic amines) is 1. The van der Waals surface area contributed by atoms with E-state index in [1.807, 2.05) is 20.8 Å². The van der Waals surface area contributed by atoms with Crippen LogP contribution >= 0.6 is 0 Å². The van der Waals surface area contributed by atoms with E-state index in [0.29, 0.717) is 30.4 Å². The molecule has 2 aliphatic heterocycles. The summed E-state index contributed by atoms with van der Waals surface area (Å²) in [4.78, 5) is 30.9. The van der Waals surface area contributed by atoms with Gasteiger partial charge in [0.25, 0.3) is 0 Å². The Balaban J connectivity index is 1.63. The number of alkyl halides is 3. The summed E-state index contributed by atoms with van der Waals surface area (Å²) in [5.41, 5.74) is -0.0118. The molecule has 0 saturated carbocycles. The van der Waals surface area contributed by atoms with Crippen molar-refractivity contribution in [3.63, 3.8) is 0 Å². The van der Waals surface area contributed by atoms with E-state index in [0.717, 1.165) is 11.3 Å². The molecule has 1 aromatic heterocycles. The number of hydrogen-bond acceptors (Lipinski definition) is 6. The minimum atomic E-state index is -4.90. The van der Waals surface area contributed by atoms with Crippen LogP contribution in [0, 0.1) is 0 Å². The maximum atomic E-state index is 12.9. The van der Waals surface area contributed by atoms with Crippen molar-refractivity contribution in [2.45, 2.75) is 64.4 Å². The van der Waals surface area contributed by atoms with Crippen molar-refractivity contribution in [3.8, 4) is 11.5 Å². The Hall–Kier alpha value is -2.72. The number of nitrogens with zero attached hydrogens (tertiary/aromatic N) is 3. The van der Waals surface area contributed by atoms with E-state index >= 15 is 0 Å². The summed E-state index contributed by atoms with van der Waals surface area (Å²) in [6.07, 6.45) is -3.44. The molecule has 0 bridgehead atoms. The van der Waals surface area contributed by atoms with Crippen LogP contribution in [0.1, 0.15) is 45.7 Å². The smallest absolute Gasteiger partial charge is 0.471 e. The van der Waals surface area contributed by atoms with Gasteiger partial charge in [-0.1, -0.05) is 0 Å². The molecule has 0 aromatic carbocycles. The van der Waals surface area contributed by atoms with Gasteiger partial charge < -0.3 is 19.1 Å². The second-order valence-electron chi connectivity index (χ2n) is 8.80. The van der Waals surface area contributed by atoms with Crippen molar-refractivity contribution < 1.29 is 37.0 Å². The van der Waals surface area contributed by atoms with Gasteiger partial charge in [-0.2, -0.15) is 13.2 Å². The molecular weight excluding hydrogens is 431 g/mol. The van der Waals surface area contributed by atoms with E-state index in [4.69, 9.17) is 14.2 Å². The van der Waals surface area contributed by atoms with Crippen LogP contribution < -0.4 is 9.47 Å². The van der Waals surface area contributed by atoms with Crippen LogP contribution in [0.25, 0.3) is 0 Å². The fourth-order valence-electron chi connectivity index (χ4n) is 3.50. The molecule has 2 aliphatic rings. The Kier molecular flexibility index (Phi) is 7.04. The van der Waals surface area contributed by atoms with Crippen molar-refractivity contribution in [3.05, 3.63) is 18.0 Å². The zero-order valence-corrected chi connectivity index (χ0v) is 18.4. The minimum absolute atomic E-state index is 0.116. The van der Waals surface area contributed by atoms with E-state index in [1.165, 1.54) is 4.90 Å². The highest BCUT2D eigenvalue weighted by Crippen LogP contribution is 2.30. The molecule has 0 aliphatic carbocycles. The minimum Gasteiger partial charge on any atom is -0.489 e. The molecule has 0 unspecified atom stereocenters. The summed E-state index contributed by atoms with van der Waals surface area (Å²) in [5.74, 6) is -0.744. The summed E-state index contributed by atoms with van der Waals surface area (Å²) in [6, 6.07) is 1.73. The van der Waals surface area contributed by atoms with Crippen molar-refractivity contribution in [2.75, 3.05) is 26.3 Å². The standard InChI is InChI=1S/C21H28F3N3O5/c1-20(2,3)27(13-14-11-16-17(12-25-14)31-10-4-9-30-16)19(29)32-15-5-7-26(8-6-15)18(28)21(22,23)24/h11-12,15H,4-10,13H2,1-3H3. The van der Waals surface area contributed by atoms with E-state index in [1.54, 1.807) is 12.3 Å². The van der Waals surface area contributed by atoms with Crippen LogP contribution in [0.4, 0.5) is 18.0 Å². The average molecular weight is 459 g/mol. The number of pyridine rings is 1. The number of hydrogen-bond donors (Lipinski definition) is 0. The summed E-state index contributed by atoms with van der Waals surface area (Å²) >= 11 is 0. The Morgan fingerprint density at radius 2 is 1.78 bits per heavy atom. The van der Waals surface area contributed by atoms with Gasteiger partial charge in [0.2, 0.25) is 0 Å². The average Bonchev–Trinajstić information content (AvgIpc) is 2.95. The third-order valence-electron chi connectivity index (χ3n) is 5.28. The van der Waals surface area contributed by atoms with E-state index in [2.05, 4.69) is 4.98 Å². The zero-order valence-electron chi connectivity index (χ0n) is 18.4. The SMILES string of the molecule is CC(C)(C)N(Cc1cc2c(cn1)OCCCO2)C(=O)OC1CCN(C(=O)C(F)(F)F)CC1. The number of piperidine rings is 1. The first-order valence-electron chi connectivity index (χ1n) is 10.5. The van der Waals surface area contributed by atoms with Crippen LogP contribution in [0.15, 0.2) is 12.3 Å². The van der Waals surface area contributed by atoms with Gasteiger partial charge in [-0.15, -0.1) is 0 Å². The summed E-state index contributed by atoms with van der Waals surface area (Å²) < 4.78 is 54.7. The Bertz CT molecular complexity index is 833. The molecule has 2 amide bonds. The maximum absolute atomic E-state index is 12.9. The predicted molar refractivity (Wildman–Crippen MR) is 107 cm³/mol. The highest BCUT2D eigenvalue weighted by molar-refractivity contribution is 5.82. The van der Waals surface area contributed by atoms with E-state index < -0.39 is 29.8 Å². The van der Waals surface area contributed by atoms with Gasteiger partial charge in [0.15, 0.2) is 11.5 Å². The number of rotatable bonds is 3. The van der Waals surface area contributed by atoms with Crippen LogP contribution in [-0.2, 0) is 16.1 Å². The van der Waals surface area contributed by atoms with Crippen LogP contribution in [0.5, 0.6) is 11.5 Å². The first-order valence-corrected chi connectivity index (χ1v) is 10.5. The summed E-state index contributed by atoms with van der Waals surface area (Å²) in [7, 11) is 0. The fourth-order valence-corrected chi connectivity index (χ4v) is 3.50. The number of fused-ring (bicyclic) bond motifs is 1. The largest absolute Gasteiger partial charge is 0.489 e. The van der Waals surface area contributed by atoms with Gasteiger partial charge in [0, 0.05) is 44.0 Å². The molecule has 0 N–H and O–H groups in total. The second kappa shape index (κ2) is 9.41. The van der Waals surface area contributed by atoms with Gasteiger partial charge in [-0.3, -0.25) is 14.7 Å². The Morgan fingerprint density at radius 3 is 2.38 bits per heavy atom. The van der Waals surface area contributed by atoms with Gasteiger partial charge in [0.05, 0.1) is 31.6 Å². The molecule has 0 spiro atoms. The molecule has 0 radical (unpaired) electrons. The molecule has 1 saturated heterocycles. The van der Waals surface area contributed by atoms with Gasteiger partial charge >= 0.3 is 18.2 Å². The third kappa shape index (κ3) is 5.95. The van der Waals surface area contributed by atoms with Gasteiger partial charge in [-0.25, -0.2) is 4.79 Å². The van der Waals surface area contributed by atoms with Gasteiger partial charge in [-0.05, 0) is 20.8 Å². The first-order chi connectivity index (χ1) is 14.9. The molecule has 178 valence electrons. The lowest BCUT2D eigenvalue weighted by atomic mass is 10.1. The fraction of sp³-hybridized carbons (Fsp3) is 0.667. The Morgan fingerprint density at radius 1 is 1.16 bits per heavy atom. The second-order valence-corrected chi connectivity index (χ2v) is 8.80. The van der Waals surface area contributed by atoms with E-state index in [-0.39, 0.29) is 32.5 Å². The van der Waals surface area contributed by atoms with Crippen molar-refractivity contribution in [1.82, 2.24) is 14.8 Å². The predicted octanol–water partition coefficient (Wildman–Crippen LogP) is 3.53. The highest BCUT2D eigenvalue weighted by atomic mass is 19.4. The lowest BCUT2D eigenvalue weighted by molar-refractivity contribution is -0.187. The summed E-state index contributed by atoms with van der Waals surface area (Å²) in [5, 5.41) is 0. The highest BCUT2D eigenvalue weighted by Gasteiger charge is 2.43. The van der Waals surface area contributed by atoms with Crippen molar-refractivity contribution >= 4 is 12.0 Å². The Labute approximate surface area is 184 Å². The number of ether oxygens (including phenoxy) is 3. The van der Waals surface area contributed by atoms with Crippen LogP contribution in [0.2, 0.25) is 0 Å². The van der Waals surface area contributed by atoms with E-state index in [9.17, 15) is 22.8 Å². The van der Waals surface area contributed by atoms with Gasteiger partial charge in [0.1, 0.15) is 6.10 Å². The normalized spacial score (nSPS) is 17.5. The van der Waals surface area contributed by atoms with Crippen molar-refractivity contribution in [2.24, 2.45) is 0 Å². The lowest BCUT2D eigenvalue weighted by Crippen LogP contribution is -2.49. The maximum Gasteiger partial charge on any atom is 0.471 e. The molecule has 3 heterocycles.